The molecular weight excluding hydrogens is 294 g/mol. The zero-order valence-corrected chi connectivity index (χ0v) is 12.0. The summed E-state index contributed by atoms with van der Waals surface area (Å²) in [4.78, 5) is 23.9. The number of nitrogens with zero attached hydrogens (tertiary/aromatic N) is 3. The molecule has 0 saturated carbocycles. The first-order chi connectivity index (χ1) is 11.2. The van der Waals surface area contributed by atoms with Gasteiger partial charge in [0.05, 0.1) is 30.5 Å². The lowest BCUT2D eigenvalue weighted by atomic mass is 10.2. The Labute approximate surface area is 132 Å². The zero-order valence-electron chi connectivity index (χ0n) is 12.0. The Morgan fingerprint density at radius 2 is 1.78 bits per heavy atom. The molecule has 2 aromatic heterocycles. The van der Waals surface area contributed by atoms with Gasteiger partial charge in [-0.25, -0.2) is 9.97 Å². The van der Waals surface area contributed by atoms with Crippen LogP contribution in [0.2, 0.25) is 0 Å². The van der Waals surface area contributed by atoms with Gasteiger partial charge in [0.1, 0.15) is 12.1 Å². The fourth-order valence-electron chi connectivity index (χ4n) is 1.90. The van der Waals surface area contributed by atoms with E-state index in [9.17, 15) is 4.79 Å². The fourth-order valence-corrected chi connectivity index (χ4v) is 1.90. The van der Waals surface area contributed by atoms with Crippen LogP contribution in [-0.4, -0.2) is 20.9 Å². The van der Waals surface area contributed by atoms with Crippen LogP contribution < -0.4 is 15.8 Å². The quantitative estimate of drug-likeness (QED) is 0.718. The van der Waals surface area contributed by atoms with Crippen LogP contribution in [0.3, 0.4) is 0 Å². The summed E-state index contributed by atoms with van der Waals surface area (Å²) in [5.41, 5.74) is 7.17. The first-order valence-corrected chi connectivity index (χ1v) is 6.75. The van der Waals surface area contributed by atoms with Crippen molar-refractivity contribution in [1.29, 1.82) is 0 Å². The Morgan fingerprint density at radius 3 is 2.57 bits per heavy atom. The average Bonchev–Trinajstić information content (AvgIpc) is 2.56. The summed E-state index contributed by atoms with van der Waals surface area (Å²) in [5.74, 6) is 0.665. The molecule has 3 N–H and O–H groups in total. The molecule has 3 aromatic rings. The molecule has 1 amide bonds. The van der Waals surface area contributed by atoms with E-state index in [1.54, 1.807) is 30.3 Å². The van der Waals surface area contributed by atoms with E-state index in [2.05, 4.69) is 20.3 Å². The van der Waals surface area contributed by atoms with Crippen molar-refractivity contribution in [3.63, 3.8) is 0 Å². The summed E-state index contributed by atoms with van der Waals surface area (Å²) in [6, 6.07) is 8.38. The van der Waals surface area contributed by atoms with Crippen molar-refractivity contribution in [2.75, 3.05) is 11.1 Å². The number of carbonyl (C=O) groups is 1. The largest absolute Gasteiger partial charge is 0.452 e. The number of amides is 1. The number of hydrogen-bond acceptors (Lipinski definition) is 6. The summed E-state index contributed by atoms with van der Waals surface area (Å²) >= 11 is 0. The highest BCUT2D eigenvalue weighted by molar-refractivity contribution is 6.04. The van der Waals surface area contributed by atoms with Gasteiger partial charge in [0.2, 0.25) is 0 Å². The molecule has 7 nitrogen and oxygen atoms in total. The van der Waals surface area contributed by atoms with Crippen LogP contribution in [0.5, 0.6) is 11.5 Å². The molecule has 0 unspecified atom stereocenters. The van der Waals surface area contributed by atoms with E-state index in [0.29, 0.717) is 28.4 Å². The minimum absolute atomic E-state index is 0.278. The monoisotopic (exact) mass is 307 g/mol. The average molecular weight is 307 g/mol. The lowest BCUT2D eigenvalue weighted by Gasteiger charge is -2.08. The number of rotatable bonds is 4. The van der Waals surface area contributed by atoms with Crippen molar-refractivity contribution in [3.8, 4) is 11.5 Å². The predicted molar refractivity (Wildman–Crippen MR) is 85.2 cm³/mol. The summed E-state index contributed by atoms with van der Waals surface area (Å²) < 4.78 is 5.57. The molecule has 0 saturated heterocycles. The number of carbonyl (C=O) groups excluding carboxylic acids is 1. The third-order valence-electron chi connectivity index (χ3n) is 2.89. The van der Waals surface area contributed by atoms with Gasteiger partial charge >= 0.3 is 0 Å². The standard InChI is InChI=1S/C16H13N5O2/c17-12-3-1-2-11(4-12)16(22)21-13-5-14(7-18-6-13)23-15-8-19-10-20-9-15/h1-10H,17H2,(H,21,22). The molecule has 23 heavy (non-hydrogen) atoms. The molecule has 0 aliphatic carbocycles. The van der Waals surface area contributed by atoms with Crippen LogP contribution in [0.4, 0.5) is 11.4 Å². The number of anilines is 2. The second-order valence-electron chi connectivity index (χ2n) is 4.67. The summed E-state index contributed by atoms with van der Waals surface area (Å²) in [5, 5.41) is 2.74. The Bertz CT molecular complexity index is 823. The number of pyridine rings is 1. The van der Waals surface area contributed by atoms with Crippen LogP contribution in [0.15, 0.2) is 61.4 Å². The number of nitrogen functional groups attached to an aromatic ring is 1. The maximum Gasteiger partial charge on any atom is 0.255 e. The Balaban J connectivity index is 1.74. The molecule has 0 spiro atoms. The van der Waals surface area contributed by atoms with Gasteiger partial charge in [0.25, 0.3) is 5.91 Å². The molecule has 0 radical (unpaired) electrons. The van der Waals surface area contributed by atoms with Crippen molar-refractivity contribution in [2.24, 2.45) is 0 Å². The van der Waals surface area contributed by atoms with Crippen molar-refractivity contribution in [1.82, 2.24) is 15.0 Å². The topological polar surface area (TPSA) is 103 Å². The van der Waals surface area contributed by atoms with E-state index in [-0.39, 0.29) is 5.91 Å². The maximum absolute atomic E-state index is 12.2. The molecule has 0 bridgehead atoms. The first-order valence-electron chi connectivity index (χ1n) is 6.75. The molecular formula is C16H13N5O2. The predicted octanol–water partition coefficient (Wildman–Crippen LogP) is 2.50. The van der Waals surface area contributed by atoms with Crippen molar-refractivity contribution < 1.29 is 9.53 Å². The highest BCUT2D eigenvalue weighted by Gasteiger charge is 2.07. The summed E-state index contributed by atoms with van der Waals surface area (Å²) in [6.45, 7) is 0. The van der Waals surface area contributed by atoms with Gasteiger partial charge in [0, 0.05) is 17.3 Å². The van der Waals surface area contributed by atoms with Crippen LogP contribution >= 0.6 is 0 Å². The number of ether oxygens (including phenoxy) is 1. The number of aromatic nitrogens is 3. The van der Waals surface area contributed by atoms with Crippen LogP contribution in [-0.2, 0) is 0 Å². The molecule has 3 rings (SSSR count). The number of benzene rings is 1. The molecule has 0 aliphatic rings. The third kappa shape index (κ3) is 3.79. The van der Waals surface area contributed by atoms with Crippen LogP contribution in [0.1, 0.15) is 10.4 Å². The number of nitrogens with two attached hydrogens (primary N) is 1. The van der Waals surface area contributed by atoms with Gasteiger partial charge in [-0.05, 0) is 18.2 Å². The van der Waals surface area contributed by atoms with Gasteiger partial charge in [-0.15, -0.1) is 0 Å². The molecule has 1 aromatic carbocycles. The van der Waals surface area contributed by atoms with E-state index in [0.717, 1.165) is 0 Å². The molecule has 0 fully saturated rings. The van der Waals surface area contributed by atoms with Gasteiger partial charge < -0.3 is 15.8 Å². The SMILES string of the molecule is Nc1cccc(C(=O)Nc2cncc(Oc3cncnc3)c2)c1. The molecule has 0 aliphatic heterocycles. The lowest BCUT2D eigenvalue weighted by molar-refractivity contribution is 0.102. The zero-order chi connectivity index (χ0) is 16.1. The smallest absolute Gasteiger partial charge is 0.255 e. The number of hydrogen-bond donors (Lipinski definition) is 2. The van der Waals surface area contributed by atoms with Crippen LogP contribution in [0, 0.1) is 0 Å². The summed E-state index contributed by atoms with van der Waals surface area (Å²) in [7, 11) is 0. The third-order valence-corrected chi connectivity index (χ3v) is 2.89. The lowest BCUT2D eigenvalue weighted by Crippen LogP contribution is -2.12. The maximum atomic E-state index is 12.2. The van der Waals surface area contributed by atoms with Gasteiger partial charge in [-0.2, -0.15) is 0 Å². The Morgan fingerprint density at radius 1 is 1.00 bits per heavy atom. The van der Waals surface area contributed by atoms with E-state index in [1.165, 1.54) is 31.1 Å². The highest BCUT2D eigenvalue weighted by atomic mass is 16.5. The van der Waals surface area contributed by atoms with Gasteiger partial charge in [-0.3, -0.25) is 9.78 Å². The van der Waals surface area contributed by atoms with E-state index >= 15 is 0 Å². The Kier molecular flexibility index (Phi) is 4.10. The van der Waals surface area contributed by atoms with Crippen molar-refractivity contribution in [2.45, 2.75) is 0 Å². The Hall–Kier alpha value is -3.48. The van der Waals surface area contributed by atoms with Crippen molar-refractivity contribution in [3.05, 3.63) is 67.0 Å². The van der Waals surface area contributed by atoms with E-state index < -0.39 is 0 Å². The number of nitrogens with one attached hydrogen (secondary N) is 1. The minimum atomic E-state index is -0.278. The second-order valence-corrected chi connectivity index (χ2v) is 4.67. The first kappa shape index (κ1) is 14.5. The van der Waals surface area contributed by atoms with Crippen LogP contribution in [0.25, 0.3) is 0 Å². The minimum Gasteiger partial charge on any atom is -0.452 e. The highest BCUT2D eigenvalue weighted by Crippen LogP contribution is 2.22. The van der Waals surface area contributed by atoms with Crippen molar-refractivity contribution >= 4 is 17.3 Å². The fraction of sp³-hybridized carbons (Fsp3) is 0. The summed E-state index contributed by atoms with van der Waals surface area (Å²) in [6.07, 6.45) is 7.53. The molecule has 7 heteroatoms. The van der Waals surface area contributed by atoms with E-state index in [4.69, 9.17) is 10.5 Å². The second kappa shape index (κ2) is 6.52. The molecule has 114 valence electrons. The molecule has 2 heterocycles. The molecule has 0 atom stereocenters. The van der Waals surface area contributed by atoms with E-state index in [1.807, 2.05) is 0 Å². The van der Waals surface area contributed by atoms with Gasteiger partial charge in [-0.1, -0.05) is 6.07 Å². The normalized spacial score (nSPS) is 10.1. The van der Waals surface area contributed by atoms with Gasteiger partial charge in [0.15, 0.2) is 5.75 Å².